The summed E-state index contributed by atoms with van der Waals surface area (Å²) in [4.78, 5) is 1.31. The molecule has 0 saturated carbocycles. The van der Waals surface area contributed by atoms with Crippen molar-refractivity contribution >= 4 is 0 Å². The number of nitrogens with one attached hydrogen (secondary N) is 1. The Balaban J connectivity index is 2.97. The second-order valence-electron chi connectivity index (χ2n) is 5.52. The zero-order chi connectivity index (χ0) is 12.5. The number of hydrogen-bond acceptors (Lipinski definition) is 2. The van der Waals surface area contributed by atoms with Crippen LogP contribution in [0.4, 0.5) is 0 Å². The van der Waals surface area contributed by atoms with Gasteiger partial charge in [0, 0.05) is 26.1 Å². The van der Waals surface area contributed by atoms with Crippen molar-refractivity contribution in [2.24, 2.45) is 11.8 Å². The van der Waals surface area contributed by atoms with Crippen LogP contribution in [0, 0.1) is 18.9 Å². The fourth-order valence-corrected chi connectivity index (χ4v) is 3.23. The van der Waals surface area contributed by atoms with Crippen molar-refractivity contribution in [2.75, 3.05) is 14.2 Å². The minimum atomic E-state index is 0.157. The highest BCUT2D eigenvalue weighted by molar-refractivity contribution is 4.93. The van der Waals surface area contributed by atoms with Crippen LogP contribution in [0.3, 0.4) is 0 Å². The van der Waals surface area contributed by atoms with Crippen LogP contribution in [0.5, 0.6) is 0 Å². The van der Waals surface area contributed by atoms with Crippen molar-refractivity contribution < 1.29 is 14.4 Å². The molecule has 1 rings (SSSR count). The van der Waals surface area contributed by atoms with E-state index in [1.165, 1.54) is 4.90 Å². The Morgan fingerprint density at radius 1 is 0.875 bits per heavy atom. The Bertz CT molecular complexity index is 196. The molecule has 4 atom stereocenters. The van der Waals surface area contributed by atoms with Gasteiger partial charge in [0.25, 0.3) is 0 Å². The van der Waals surface area contributed by atoms with Gasteiger partial charge < -0.3 is 14.4 Å². The molecule has 3 nitrogen and oxygen atoms in total. The molecule has 0 aromatic heterocycles. The minimum Gasteiger partial charge on any atom is -0.458 e. The molecule has 0 aliphatic carbocycles. The van der Waals surface area contributed by atoms with Crippen LogP contribution >= 0.6 is 0 Å². The number of likely N-dealkylation sites (tertiary alicyclic amines) is 1. The van der Waals surface area contributed by atoms with Gasteiger partial charge in [0.15, 0.2) is 0 Å². The number of hydrogen-bond donors (Lipinski definition) is 1. The molecule has 0 amide bonds. The van der Waals surface area contributed by atoms with E-state index in [1.807, 2.05) is 0 Å². The van der Waals surface area contributed by atoms with Crippen LogP contribution in [0.15, 0.2) is 0 Å². The molecule has 0 aromatic carbocycles. The number of rotatable bonds is 4. The molecule has 96 valence electrons. The fourth-order valence-electron chi connectivity index (χ4n) is 3.23. The summed E-state index contributed by atoms with van der Waals surface area (Å²) in [5, 5.41) is 0. The summed E-state index contributed by atoms with van der Waals surface area (Å²) >= 11 is 0. The van der Waals surface area contributed by atoms with Gasteiger partial charge in [-0.3, -0.25) is 0 Å². The Labute approximate surface area is 100 Å². The predicted octanol–water partition coefficient (Wildman–Crippen LogP) is 0.756. The molecule has 1 aliphatic rings. The first-order chi connectivity index (χ1) is 7.45. The molecule has 1 saturated heterocycles. The Morgan fingerprint density at radius 2 is 1.19 bits per heavy atom. The van der Waals surface area contributed by atoms with E-state index < -0.39 is 0 Å². The maximum atomic E-state index is 5.65. The minimum absolute atomic E-state index is 0.157. The highest BCUT2D eigenvalue weighted by atomic mass is 16.5. The zero-order valence-corrected chi connectivity index (χ0v) is 11.5. The first-order valence-corrected chi connectivity index (χ1v) is 6.19. The van der Waals surface area contributed by atoms with Crippen LogP contribution in [-0.2, 0) is 9.47 Å². The van der Waals surface area contributed by atoms with Crippen molar-refractivity contribution in [2.45, 2.75) is 52.0 Å². The molecule has 0 radical (unpaired) electrons. The Kier molecular flexibility index (Phi) is 4.77. The lowest BCUT2D eigenvalue weighted by atomic mass is 9.95. The highest BCUT2D eigenvalue weighted by Crippen LogP contribution is 2.24. The second-order valence-corrected chi connectivity index (χ2v) is 5.52. The highest BCUT2D eigenvalue weighted by Gasteiger charge is 2.51. The van der Waals surface area contributed by atoms with Crippen LogP contribution in [-0.4, -0.2) is 38.5 Å². The van der Waals surface area contributed by atoms with E-state index in [0.717, 1.165) is 0 Å². The lowest BCUT2D eigenvalue weighted by Gasteiger charge is -2.34. The van der Waals surface area contributed by atoms with Gasteiger partial charge in [-0.05, 0) is 0 Å². The van der Waals surface area contributed by atoms with Crippen molar-refractivity contribution in [3.05, 3.63) is 7.05 Å². The van der Waals surface area contributed by atoms with Gasteiger partial charge in [-0.15, -0.1) is 0 Å². The summed E-state index contributed by atoms with van der Waals surface area (Å²) in [6.07, 6.45) is 0.315. The van der Waals surface area contributed by atoms with Crippen molar-refractivity contribution in [1.82, 2.24) is 0 Å². The average molecular weight is 229 g/mol. The van der Waals surface area contributed by atoms with Crippen LogP contribution in [0.2, 0.25) is 0 Å². The molecule has 1 N–H and O–H groups in total. The second kappa shape index (κ2) is 5.48. The largest absolute Gasteiger partial charge is 0.458 e. The summed E-state index contributed by atoms with van der Waals surface area (Å²) < 4.78 is 11.3. The van der Waals surface area contributed by atoms with Crippen LogP contribution < -0.4 is 4.90 Å². The van der Waals surface area contributed by atoms with Crippen molar-refractivity contribution in [3.8, 4) is 0 Å². The molecular weight excluding hydrogens is 202 g/mol. The topological polar surface area (TPSA) is 22.9 Å². The molecular formula is C13H27NO2. The van der Waals surface area contributed by atoms with Crippen molar-refractivity contribution in [3.63, 3.8) is 0 Å². The van der Waals surface area contributed by atoms with Crippen LogP contribution in [0.25, 0.3) is 0 Å². The van der Waals surface area contributed by atoms with E-state index in [1.54, 1.807) is 14.2 Å². The first-order valence-electron chi connectivity index (χ1n) is 6.19. The molecule has 1 aliphatic heterocycles. The average Bonchev–Trinajstić information content (AvgIpc) is 2.49. The standard InChI is InChI=1S/C13H27NO2/c1-8(2)10-12(15-6)13(16-7)11(9(3)4)14(10)5/h8-14H,5H2,1-4,6-7H3/t10-,11-,12+,13+/m1/s1. The quantitative estimate of drug-likeness (QED) is 0.719. The third-order valence-electron chi connectivity index (χ3n) is 3.87. The van der Waals surface area contributed by atoms with E-state index >= 15 is 0 Å². The summed E-state index contributed by atoms with van der Waals surface area (Å²) in [5.41, 5.74) is 0. The lowest BCUT2D eigenvalue weighted by Crippen LogP contribution is -3.14. The normalized spacial score (nSPS) is 39.9. The molecule has 3 heteroatoms. The fraction of sp³-hybridized carbons (Fsp3) is 0.923. The summed E-state index contributed by atoms with van der Waals surface area (Å²) in [6.45, 7) is 8.93. The monoisotopic (exact) mass is 229 g/mol. The molecule has 0 unspecified atom stereocenters. The number of ether oxygens (including phenoxy) is 2. The molecule has 0 aromatic rings. The summed E-state index contributed by atoms with van der Waals surface area (Å²) in [7, 11) is 7.86. The van der Waals surface area contributed by atoms with Gasteiger partial charge in [-0.25, -0.2) is 0 Å². The van der Waals surface area contributed by atoms with Gasteiger partial charge in [0.2, 0.25) is 0 Å². The molecule has 1 heterocycles. The van der Waals surface area contributed by atoms with Crippen molar-refractivity contribution in [1.29, 1.82) is 0 Å². The van der Waals surface area contributed by atoms with E-state index in [0.29, 0.717) is 23.9 Å². The van der Waals surface area contributed by atoms with E-state index in [-0.39, 0.29) is 12.2 Å². The summed E-state index contributed by atoms with van der Waals surface area (Å²) in [5.74, 6) is 1.11. The number of methoxy groups -OCH3 is 2. The van der Waals surface area contributed by atoms with Gasteiger partial charge >= 0.3 is 0 Å². The lowest BCUT2D eigenvalue weighted by molar-refractivity contribution is -0.902. The van der Waals surface area contributed by atoms with Crippen LogP contribution in [0.1, 0.15) is 27.7 Å². The first kappa shape index (κ1) is 13.9. The van der Waals surface area contributed by atoms with E-state index in [9.17, 15) is 0 Å². The van der Waals surface area contributed by atoms with E-state index in [2.05, 4.69) is 34.7 Å². The smallest absolute Gasteiger partial charge is 0.139 e. The Hall–Kier alpha value is -0.120. The Morgan fingerprint density at radius 3 is 1.38 bits per heavy atom. The molecule has 0 bridgehead atoms. The van der Waals surface area contributed by atoms with Gasteiger partial charge in [-0.2, -0.15) is 7.05 Å². The number of quaternary nitrogens is 1. The van der Waals surface area contributed by atoms with Gasteiger partial charge in [-0.1, -0.05) is 27.7 Å². The zero-order valence-electron chi connectivity index (χ0n) is 11.5. The maximum absolute atomic E-state index is 5.65. The van der Waals surface area contributed by atoms with E-state index in [4.69, 9.17) is 9.47 Å². The van der Waals surface area contributed by atoms with Gasteiger partial charge in [0.1, 0.15) is 12.2 Å². The van der Waals surface area contributed by atoms with Gasteiger partial charge in [0.05, 0.1) is 12.1 Å². The summed E-state index contributed by atoms with van der Waals surface area (Å²) in [6, 6.07) is 0.838. The predicted molar refractivity (Wildman–Crippen MR) is 65.2 cm³/mol. The third kappa shape index (κ3) is 2.27. The third-order valence-corrected chi connectivity index (χ3v) is 3.87. The molecule has 0 spiro atoms. The molecule has 1 fully saturated rings. The maximum Gasteiger partial charge on any atom is 0.139 e. The molecule has 16 heavy (non-hydrogen) atoms. The SMILES string of the molecule is [CH2-][NH+]1[C@H](C(C)C)[C@H](OC)[C@@H](OC)[C@H]1C(C)C.